The van der Waals surface area contributed by atoms with Crippen molar-refractivity contribution >= 4 is 15.9 Å². The smallest absolute Gasteiger partial charge is 0.123 e. The predicted molar refractivity (Wildman–Crippen MR) is 88.2 cm³/mol. The molecule has 0 fully saturated rings. The minimum absolute atomic E-state index is 0.157. The molecule has 2 aromatic rings. The van der Waals surface area contributed by atoms with Gasteiger partial charge in [-0.1, -0.05) is 40.2 Å². The highest BCUT2D eigenvalue weighted by Crippen LogP contribution is 2.36. The number of rotatable bonds is 4. The number of halogens is 1. The van der Waals surface area contributed by atoms with Crippen LogP contribution in [0.5, 0.6) is 5.75 Å². The minimum atomic E-state index is 0.157. The normalized spacial score (nSPS) is 15.8. The van der Waals surface area contributed by atoms with Gasteiger partial charge in [0.2, 0.25) is 0 Å². The van der Waals surface area contributed by atoms with Crippen LogP contribution in [-0.2, 0) is 13.1 Å². The van der Waals surface area contributed by atoms with Crippen molar-refractivity contribution in [2.45, 2.75) is 19.1 Å². The van der Waals surface area contributed by atoms with Crippen LogP contribution in [0.1, 0.15) is 22.7 Å². The first kappa shape index (κ1) is 14.6. The number of nitrogens with zero attached hydrogens (tertiary/aromatic N) is 1. The van der Waals surface area contributed by atoms with E-state index in [1.165, 1.54) is 11.1 Å². The molecule has 1 atom stereocenters. The molecule has 2 N–H and O–H groups in total. The molecule has 1 unspecified atom stereocenters. The zero-order valence-electron chi connectivity index (χ0n) is 12.1. The maximum absolute atomic E-state index is 6.08. The molecule has 0 bridgehead atoms. The van der Waals surface area contributed by atoms with Crippen molar-refractivity contribution in [3.63, 3.8) is 0 Å². The summed E-state index contributed by atoms with van der Waals surface area (Å²) in [5, 5.41) is 0. The number of hydrogen-bond donors (Lipinski definition) is 1. The monoisotopic (exact) mass is 346 g/mol. The second-order valence-electron chi connectivity index (χ2n) is 5.31. The quantitative estimate of drug-likeness (QED) is 0.920. The van der Waals surface area contributed by atoms with E-state index in [0.29, 0.717) is 6.54 Å². The summed E-state index contributed by atoms with van der Waals surface area (Å²) in [7, 11) is 1.71. The summed E-state index contributed by atoms with van der Waals surface area (Å²) in [6.07, 6.45) is 0. The van der Waals surface area contributed by atoms with Gasteiger partial charge in [-0.05, 0) is 29.3 Å². The average molecular weight is 347 g/mol. The summed E-state index contributed by atoms with van der Waals surface area (Å²) in [5.41, 5.74) is 10.0. The standard InChI is InChI=1S/C17H19BrN2O/c1-21-17-7-6-14(18)8-15(17)16(9-19)20-10-12-4-2-3-5-13(12)11-20/h2-8,16H,9-11,19H2,1H3. The third-order valence-electron chi connectivity index (χ3n) is 4.08. The molecular weight excluding hydrogens is 328 g/mol. The molecule has 0 spiro atoms. The first-order chi connectivity index (χ1) is 10.2. The summed E-state index contributed by atoms with van der Waals surface area (Å²) in [4.78, 5) is 2.41. The molecule has 1 aliphatic heterocycles. The third kappa shape index (κ3) is 2.84. The number of nitrogens with two attached hydrogens (primary N) is 1. The fraction of sp³-hybridized carbons (Fsp3) is 0.294. The number of fused-ring (bicyclic) bond motifs is 1. The Morgan fingerprint density at radius 2 is 1.86 bits per heavy atom. The SMILES string of the molecule is COc1ccc(Br)cc1C(CN)N1Cc2ccccc2C1. The van der Waals surface area contributed by atoms with Crippen LogP contribution in [0, 0.1) is 0 Å². The van der Waals surface area contributed by atoms with Gasteiger partial charge in [0.1, 0.15) is 5.75 Å². The molecule has 1 heterocycles. The number of hydrogen-bond acceptors (Lipinski definition) is 3. The van der Waals surface area contributed by atoms with E-state index in [2.05, 4.69) is 51.2 Å². The van der Waals surface area contributed by atoms with Gasteiger partial charge >= 0.3 is 0 Å². The summed E-state index contributed by atoms with van der Waals surface area (Å²) in [5.74, 6) is 0.893. The fourth-order valence-electron chi connectivity index (χ4n) is 3.02. The van der Waals surface area contributed by atoms with Crippen LogP contribution < -0.4 is 10.5 Å². The van der Waals surface area contributed by atoms with Crippen LogP contribution in [0.15, 0.2) is 46.9 Å². The van der Waals surface area contributed by atoms with E-state index in [1.54, 1.807) is 7.11 Å². The van der Waals surface area contributed by atoms with Crippen molar-refractivity contribution in [1.82, 2.24) is 4.90 Å². The lowest BCUT2D eigenvalue weighted by Crippen LogP contribution is -2.30. The van der Waals surface area contributed by atoms with Gasteiger partial charge in [0.25, 0.3) is 0 Å². The molecule has 4 heteroatoms. The molecule has 1 aliphatic rings. The zero-order chi connectivity index (χ0) is 14.8. The Morgan fingerprint density at radius 1 is 1.19 bits per heavy atom. The van der Waals surface area contributed by atoms with Crippen molar-refractivity contribution in [3.8, 4) is 5.75 Å². The predicted octanol–water partition coefficient (Wildman–Crippen LogP) is 3.47. The Hall–Kier alpha value is -1.36. The van der Waals surface area contributed by atoms with Gasteiger partial charge < -0.3 is 10.5 Å². The summed E-state index contributed by atoms with van der Waals surface area (Å²) < 4.78 is 6.57. The summed E-state index contributed by atoms with van der Waals surface area (Å²) in [6.45, 7) is 2.45. The highest BCUT2D eigenvalue weighted by Gasteiger charge is 2.27. The Bertz CT molecular complexity index is 619. The Labute approximate surface area is 133 Å². The highest BCUT2D eigenvalue weighted by molar-refractivity contribution is 9.10. The molecule has 3 rings (SSSR count). The Morgan fingerprint density at radius 3 is 2.43 bits per heavy atom. The fourth-order valence-corrected chi connectivity index (χ4v) is 3.40. The van der Waals surface area contributed by atoms with E-state index >= 15 is 0 Å². The van der Waals surface area contributed by atoms with Crippen molar-refractivity contribution < 1.29 is 4.74 Å². The molecular formula is C17H19BrN2O. The van der Waals surface area contributed by atoms with Gasteiger partial charge in [-0.2, -0.15) is 0 Å². The van der Waals surface area contributed by atoms with Crippen molar-refractivity contribution in [2.75, 3.05) is 13.7 Å². The topological polar surface area (TPSA) is 38.5 Å². The van der Waals surface area contributed by atoms with Crippen LogP contribution >= 0.6 is 15.9 Å². The maximum Gasteiger partial charge on any atom is 0.123 e. The first-order valence-electron chi connectivity index (χ1n) is 7.07. The van der Waals surface area contributed by atoms with Gasteiger partial charge in [-0.3, -0.25) is 4.90 Å². The van der Waals surface area contributed by atoms with Crippen molar-refractivity contribution in [1.29, 1.82) is 0 Å². The lowest BCUT2D eigenvalue weighted by Gasteiger charge is -2.28. The molecule has 3 nitrogen and oxygen atoms in total. The number of methoxy groups -OCH3 is 1. The van der Waals surface area contributed by atoms with Crippen molar-refractivity contribution in [3.05, 3.63) is 63.6 Å². The van der Waals surface area contributed by atoms with Crippen LogP contribution in [0.25, 0.3) is 0 Å². The molecule has 0 radical (unpaired) electrons. The number of benzene rings is 2. The lowest BCUT2D eigenvalue weighted by molar-refractivity contribution is 0.201. The Kier molecular flexibility index (Phi) is 4.29. The highest BCUT2D eigenvalue weighted by atomic mass is 79.9. The zero-order valence-corrected chi connectivity index (χ0v) is 13.6. The van der Waals surface area contributed by atoms with Gasteiger partial charge in [-0.15, -0.1) is 0 Å². The van der Waals surface area contributed by atoms with E-state index in [0.717, 1.165) is 28.9 Å². The van der Waals surface area contributed by atoms with Gasteiger partial charge in [0, 0.05) is 29.7 Å². The largest absolute Gasteiger partial charge is 0.496 e. The molecule has 0 amide bonds. The van der Waals surface area contributed by atoms with Gasteiger partial charge in [-0.25, -0.2) is 0 Å². The third-order valence-corrected chi connectivity index (χ3v) is 4.57. The molecule has 0 aliphatic carbocycles. The molecule has 0 saturated carbocycles. The van der Waals surface area contributed by atoms with Crippen LogP contribution in [0.4, 0.5) is 0 Å². The molecule has 0 aromatic heterocycles. The van der Waals surface area contributed by atoms with E-state index in [4.69, 9.17) is 10.5 Å². The maximum atomic E-state index is 6.08. The first-order valence-corrected chi connectivity index (χ1v) is 7.86. The number of ether oxygens (including phenoxy) is 1. The second kappa shape index (κ2) is 6.18. The van der Waals surface area contributed by atoms with E-state index in [9.17, 15) is 0 Å². The van der Waals surface area contributed by atoms with Gasteiger partial charge in [0.05, 0.1) is 13.2 Å². The van der Waals surface area contributed by atoms with Crippen LogP contribution in [0.2, 0.25) is 0 Å². The van der Waals surface area contributed by atoms with E-state index in [1.807, 2.05) is 12.1 Å². The van der Waals surface area contributed by atoms with Crippen LogP contribution in [0.3, 0.4) is 0 Å². The van der Waals surface area contributed by atoms with Crippen molar-refractivity contribution in [2.24, 2.45) is 5.73 Å². The molecule has 2 aromatic carbocycles. The minimum Gasteiger partial charge on any atom is -0.496 e. The molecule has 110 valence electrons. The lowest BCUT2D eigenvalue weighted by atomic mass is 10.0. The van der Waals surface area contributed by atoms with Crippen LogP contribution in [-0.4, -0.2) is 18.6 Å². The molecule has 21 heavy (non-hydrogen) atoms. The molecule has 0 saturated heterocycles. The van der Waals surface area contributed by atoms with E-state index in [-0.39, 0.29) is 6.04 Å². The van der Waals surface area contributed by atoms with Gasteiger partial charge in [0.15, 0.2) is 0 Å². The average Bonchev–Trinajstić information content (AvgIpc) is 2.92. The second-order valence-corrected chi connectivity index (χ2v) is 6.23. The Balaban J connectivity index is 1.92. The van der Waals surface area contributed by atoms with E-state index < -0.39 is 0 Å². The summed E-state index contributed by atoms with van der Waals surface area (Å²) in [6, 6.07) is 14.8. The summed E-state index contributed by atoms with van der Waals surface area (Å²) >= 11 is 3.54.